The lowest BCUT2D eigenvalue weighted by molar-refractivity contribution is -0.127. The van der Waals surface area contributed by atoms with Crippen molar-refractivity contribution in [3.05, 3.63) is 0 Å². The molecule has 0 radical (unpaired) electrons. The highest BCUT2D eigenvalue weighted by molar-refractivity contribution is 5.79. The summed E-state index contributed by atoms with van der Waals surface area (Å²) in [5, 5.41) is 2.92. The van der Waals surface area contributed by atoms with E-state index in [4.69, 9.17) is 12.2 Å². The van der Waals surface area contributed by atoms with Gasteiger partial charge in [0.1, 0.15) is 0 Å². The predicted octanol–water partition coefficient (Wildman–Crippen LogP) is 1.03. The summed E-state index contributed by atoms with van der Waals surface area (Å²) in [6, 6.07) is 0.0772. The summed E-state index contributed by atoms with van der Waals surface area (Å²) in [6.45, 7) is 1.92. The van der Waals surface area contributed by atoms with Gasteiger partial charge in [-0.25, -0.2) is 0 Å². The van der Waals surface area contributed by atoms with Crippen molar-refractivity contribution in [3.8, 4) is 12.3 Å². The quantitative estimate of drug-likeness (QED) is 0.681. The lowest BCUT2D eigenvalue weighted by Crippen LogP contribution is -2.46. The van der Waals surface area contributed by atoms with Crippen LogP contribution in [0.3, 0.4) is 0 Å². The number of carbonyl (C=O) groups excluding carboxylic acids is 1. The molecule has 0 aliphatic heterocycles. The van der Waals surface area contributed by atoms with Gasteiger partial charge in [-0.2, -0.15) is 0 Å². The molecule has 3 unspecified atom stereocenters. The van der Waals surface area contributed by atoms with Crippen LogP contribution in [0.1, 0.15) is 39.0 Å². The highest BCUT2D eigenvalue weighted by Crippen LogP contribution is 2.23. The maximum atomic E-state index is 11.8. The fourth-order valence-corrected chi connectivity index (χ4v) is 2.06. The van der Waals surface area contributed by atoms with Crippen LogP contribution in [0, 0.1) is 18.3 Å². The van der Waals surface area contributed by atoms with Gasteiger partial charge in [0, 0.05) is 18.5 Å². The van der Waals surface area contributed by atoms with Crippen LogP contribution < -0.4 is 11.1 Å². The molecule has 1 rings (SSSR count). The van der Waals surface area contributed by atoms with Crippen molar-refractivity contribution in [2.45, 2.75) is 51.1 Å². The minimum atomic E-state index is -0.0148. The topological polar surface area (TPSA) is 55.1 Å². The van der Waals surface area contributed by atoms with E-state index in [1.54, 1.807) is 0 Å². The van der Waals surface area contributed by atoms with Crippen LogP contribution in [0.4, 0.5) is 0 Å². The highest BCUT2D eigenvalue weighted by atomic mass is 16.2. The van der Waals surface area contributed by atoms with E-state index in [1.807, 2.05) is 6.92 Å². The molecule has 1 amide bonds. The second-order valence-corrected chi connectivity index (χ2v) is 4.37. The summed E-state index contributed by atoms with van der Waals surface area (Å²) >= 11 is 0. The van der Waals surface area contributed by atoms with Crippen molar-refractivity contribution in [1.29, 1.82) is 0 Å². The Morgan fingerprint density at radius 2 is 2.27 bits per heavy atom. The first-order valence-electron chi connectivity index (χ1n) is 5.64. The molecular formula is C12H20N2O. The van der Waals surface area contributed by atoms with E-state index in [-0.39, 0.29) is 23.9 Å². The number of amides is 1. The van der Waals surface area contributed by atoms with E-state index in [2.05, 4.69) is 11.2 Å². The van der Waals surface area contributed by atoms with E-state index < -0.39 is 0 Å². The van der Waals surface area contributed by atoms with Crippen LogP contribution in [-0.4, -0.2) is 18.0 Å². The number of terminal acetylenes is 1. The molecule has 1 aliphatic carbocycles. The molecule has 3 atom stereocenters. The van der Waals surface area contributed by atoms with Gasteiger partial charge in [0.15, 0.2) is 0 Å². The Balaban J connectivity index is 2.42. The van der Waals surface area contributed by atoms with Crippen LogP contribution in [-0.2, 0) is 4.79 Å². The standard InChI is InChI=1S/C12H20N2O/c1-3-6-9(2)14-12(15)10-7-4-5-8-11(10)13/h1,9-11H,4-8,13H2,2H3,(H,14,15). The predicted molar refractivity (Wildman–Crippen MR) is 61.0 cm³/mol. The van der Waals surface area contributed by atoms with Crippen molar-refractivity contribution in [1.82, 2.24) is 5.32 Å². The monoisotopic (exact) mass is 208 g/mol. The third-order valence-corrected chi connectivity index (χ3v) is 2.97. The van der Waals surface area contributed by atoms with Gasteiger partial charge in [0.25, 0.3) is 0 Å². The lowest BCUT2D eigenvalue weighted by Gasteiger charge is -2.28. The fourth-order valence-electron chi connectivity index (χ4n) is 2.06. The van der Waals surface area contributed by atoms with Crippen molar-refractivity contribution >= 4 is 5.91 Å². The van der Waals surface area contributed by atoms with Gasteiger partial charge in [-0.1, -0.05) is 12.8 Å². The molecule has 1 aliphatic rings. The number of nitrogens with two attached hydrogens (primary N) is 1. The van der Waals surface area contributed by atoms with Gasteiger partial charge < -0.3 is 11.1 Å². The van der Waals surface area contributed by atoms with Gasteiger partial charge in [-0.3, -0.25) is 4.79 Å². The Labute approximate surface area is 91.8 Å². The minimum absolute atomic E-state index is 0.0148. The van der Waals surface area contributed by atoms with Gasteiger partial charge in [-0.15, -0.1) is 12.3 Å². The Bertz CT molecular complexity index is 257. The van der Waals surface area contributed by atoms with Gasteiger partial charge >= 0.3 is 0 Å². The molecule has 0 bridgehead atoms. The maximum Gasteiger partial charge on any atom is 0.224 e. The Morgan fingerprint density at radius 1 is 1.60 bits per heavy atom. The zero-order chi connectivity index (χ0) is 11.3. The van der Waals surface area contributed by atoms with E-state index in [1.165, 1.54) is 0 Å². The van der Waals surface area contributed by atoms with E-state index in [9.17, 15) is 4.79 Å². The summed E-state index contributed by atoms with van der Waals surface area (Å²) in [4.78, 5) is 11.8. The normalized spacial score (nSPS) is 27.8. The average Bonchev–Trinajstić information content (AvgIpc) is 2.18. The number of rotatable bonds is 3. The van der Waals surface area contributed by atoms with Crippen LogP contribution in [0.2, 0.25) is 0 Å². The van der Waals surface area contributed by atoms with E-state index in [0.717, 1.165) is 25.7 Å². The molecule has 3 N–H and O–H groups in total. The second-order valence-electron chi connectivity index (χ2n) is 4.37. The molecule has 0 heterocycles. The second kappa shape index (κ2) is 5.77. The molecule has 0 spiro atoms. The lowest BCUT2D eigenvalue weighted by atomic mass is 9.84. The van der Waals surface area contributed by atoms with E-state index in [0.29, 0.717) is 6.42 Å². The van der Waals surface area contributed by atoms with Crippen LogP contribution >= 0.6 is 0 Å². The molecule has 3 heteroatoms. The molecular weight excluding hydrogens is 188 g/mol. The first-order chi connectivity index (χ1) is 7.15. The third kappa shape index (κ3) is 3.56. The Hall–Kier alpha value is -1.01. The SMILES string of the molecule is C#CCC(C)NC(=O)C1CCCCC1N. The van der Waals surface area contributed by atoms with E-state index >= 15 is 0 Å². The molecule has 0 aromatic carbocycles. The summed E-state index contributed by atoms with van der Waals surface area (Å²) in [5.74, 6) is 2.60. The van der Waals surface area contributed by atoms with Crippen LogP contribution in [0.5, 0.6) is 0 Å². The van der Waals surface area contributed by atoms with Crippen molar-refractivity contribution in [3.63, 3.8) is 0 Å². The van der Waals surface area contributed by atoms with Crippen LogP contribution in [0.15, 0.2) is 0 Å². The molecule has 0 saturated heterocycles. The summed E-state index contributed by atoms with van der Waals surface area (Å²) in [7, 11) is 0. The number of hydrogen-bond donors (Lipinski definition) is 2. The Kier molecular flexibility index (Phi) is 4.64. The molecule has 84 valence electrons. The molecule has 1 saturated carbocycles. The third-order valence-electron chi connectivity index (χ3n) is 2.97. The van der Waals surface area contributed by atoms with Gasteiger partial charge in [0.2, 0.25) is 5.91 Å². The maximum absolute atomic E-state index is 11.8. The van der Waals surface area contributed by atoms with Gasteiger partial charge in [0.05, 0.1) is 5.92 Å². The van der Waals surface area contributed by atoms with Crippen molar-refractivity contribution in [2.75, 3.05) is 0 Å². The Morgan fingerprint density at radius 3 is 2.87 bits per heavy atom. The molecule has 1 fully saturated rings. The summed E-state index contributed by atoms with van der Waals surface area (Å²) < 4.78 is 0. The zero-order valence-corrected chi connectivity index (χ0v) is 9.33. The highest BCUT2D eigenvalue weighted by Gasteiger charge is 2.28. The minimum Gasteiger partial charge on any atom is -0.352 e. The summed E-state index contributed by atoms with van der Waals surface area (Å²) in [5.41, 5.74) is 5.93. The van der Waals surface area contributed by atoms with Crippen molar-refractivity contribution < 1.29 is 4.79 Å². The van der Waals surface area contributed by atoms with Gasteiger partial charge in [-0.05, 0) is 19.8 Å². The van der Waals surface area contributed by atoms with Crippen molar-refractivity contribution in [2.24, 2.45) is 11.7 Å². The molecule has 15 heavy (non-hydrogen) atoms. The number of carbonyl (C=O) groups is 1. The zero-order valence-electron chi connectivity index (χ0n) is 9.33. The smallest absolute Gasteiger partial charge is 0.224 e. The average molecular weight is 208 g/mol. The molecule has 0 aromatic rings. The summed E-state index contributed by atoms with van der Waals surface area (Å²) in [6.07, 6.45) is 9.88. The van der Waals surface area contributed by atoms with Crippen LogP contribution in [0.25, 0.3) is 0 Å². The largest absolute Gasteiger partial charge is 0.352 e. The fraction of sp³-hybridized carbons (Fsp3) is 0.750. The first-order valence-corrected chi connectivity index (χ1v) is 5.64. The molecule has 3 nitrogen and oxygen atoms in total. The number of hydrogen-bond acceptors (Lipinski definition) is 2. The first kappa shape index (κ1) is 12.1. The molecule has 0 aromatic heterocycles. The number of nitrogens with one attached hydrogen (secondary N) is 1.